The number of piperidine rings is 1. The van der Waals surface area contributed by atoms with Gasteiger partial charge in [0.1, 0.15) is 11.4 Å². The van der Waals surface area contributed by atoms with Crippen LogP contribution in [0.2, 0.25) is 0 Å². The third-order valence-corrected chi connectivity index (χ3v) is 6.28. The van der Waals surface area contributed by atoms with E-state index in [1.165, 1.54) is 28.6 Å². The number of benzene rings is 1. The number of sulfonamides is 1. The minimum atomic E-state index is -3.42. The Balaban J connectivity index is 1.66. The van der Waals surface area contributed by atoms with Gasteiger partial charge < -0.3 is 10.3 Å². The maximum Gasteiger partial charge on any atom is 0.261 e. The van der Waals surface area contributed by atoms with E-state index in [9.17, 15) is 22.4 Å². The summed E-state index contributed by atoms with van der Waals surface area (Å²) in [7, 11) is -3.42. The van der Waals surface area contributed by atoms with Crippen LogP contribution in [0.15, 0.2) is 29.1 Å². The number of nitrogens with zero attached hydrogens (tertiary/aromatic N) is 1. The maximum atomic E-state index is 13.2. The highest BCUT2D eigenvalue weighted by Gasteiger charge is 2.23. The average molecular weight is 381 g/mol. The zero-order valence-corrected chi connectivity index (χ0v) is 14.9. The first kappa shape index (κ1) is 18.5. The number of rotatable bonds is 5. The monoisotopic (exact) mass is 381 g/mol. The number of halogens is 1. The van der Waals surface area contributed by atoms with Crippen LogP contribution in [-0.4, -0.2) is 49.0 Å². The van der Waals surface area contributed by atoms with Crippen LogP contribution in [0.3, 0.4) is 0 Å². The molecule has 0 atom stereocenters. The summed E-state index contributed by atoms with van der Waals surface area (Å²) >= 11 is 0. The Hall–Kier alpha value is -2.26. The molecule has 1 aromatic heterocycles. The molecule has 0 spiro atoms. The van der Waals surface area contributed by atoms with Crippen molar-refractivity contribution in [3.63, 3.8) is 0 Å². The molecule has 1 saturated heterocycles. The van der Waals surface area contributed by atoms with Crippen LogP contribution in [0, 0.1) is 5.82 Å². The van der Waals surface area contributed by atoms with Gasteiger partial charge in [-0.3, -0.25) is 9.59 Å². The fraction of sp³-hybridized carbons (Fsp3) is 0.412. The summed E-state index contributed by atoms with van der Waals surface area (Å²) in [6.07, 6.45) is 2.72. The number of carbonyl (C=O) groups is 1. The molecule has 0 aliphatic carbocycles. The first-order chi connectivity index (χ1) is 12.4. The second-order valence-corrected chi connectivity index (χ2v) is 8.36. The lowest BCUT2D eigenvalue weighted by atomic mass is 10.1. The summed E-state index contributed by atoms with van der Waals surface area (Å²) in [5.41, 5.74) is -0.502. The predicted molar refractivity (Wildman–Crippen MR) is 96.1 cm³/mol. The Bertz CT molecular complexity index is 981. The van der Waals surface area contributed by atoms with Gasteiger partial charge in [-0.25, -0.2) is 17.1 Å². The fourth-order valence-electron chi connectivity index (χ4n) is 3.00. The molecule has 26 heavy (non-hydrogen) atoms. The summed E-state index contributed by atoms with van der Waals surface area (Å²) in [5.74, 6) is -1.37. The molecular weight excluding hydrogens is 361 g/mol. The van der Waals surface area contributed by atoms with Gasteiger partial charge in [0.25, 0.3) is 11.5 Å². The molecule has 2 heterocycles. The minimum Gasteiger partial charge on any atom is -0.351 e. The molecule has 0 saturated carbocycles. The van der Waals surface area contributed by atoms with Gasteiger partial charge in [0.05, 0.1) is 11.3 Å². The quantitative estimate of drug-likeness (QED) is 0.813. The summed E-state index contributed by atoms with van der Waals surface area (Å²) in [6.45, 7) is 0.937. The third kappa shape index (κ3) is 4.10. The van der Waals surface area contributed by atoms with E-state index >= 15 is 0 Å². The molecule has 9 heteroatoms. The van der Waals surface area contributed by atoms with Gasteiger partial charge in [-0.05, 0) is 42.5 Å². The molecule has 1 aliphatic rings. The summed E-state index contributed by atoms with van der Waals surface area (Å²) in [5, 5.41) is 2.98. The van der Waals surface area contributed by atoms with Crippen molar-refractivity contribution < 1.29 is 17.6 Å². The smallest absolute Gasteiger partial charge is 0.261 e. The Labute approximate surface area is 150 Å². The number of hydrogen-bond donors (Lipinski definition) is 2. The number of nitrogens with one attached hydrogen (secondary N) is 2. The fourth-order valence-corrected chi connectivity index (χ4v) is 4.44. The molecule has 140 valence electrons. The molecule has 1 aliphatic heterocycles. The van der Waals surface area contributed by atoms with Crippen LogP contribution in [0.4, 0.5) is 4.39 Å². The number of amides is 1. The van der Waals surface area contributed by atoms with Gasteiger partial charge in [-0.1, -0.05) is 6.42 Å². The van der Waals surface area contributed by atoms with E-state index in [1.807, 2.05) is 0 Å². The zero-order valence-electron chi connectivity index (χ0n) is 14.1. The Morgan fingerprint density at radius 1 is 1.19 bits per heavy atom. The summed E-state index contributed by atoms with van der Waals surface area (Å²) in [6, 6.07) is 5.22. The van der Waals surface area contributed by atoms with Crippen molar-refractivity contribution in [2.24, 2.45) is 0 Å². The van der Waals surface area contributed by atoms with Crippen molar-refractivity contribution in [2.75, 3.05) is 25.4 Å². The predicted octanol–water partition coefficient (Wildman–Crippen LogP) is 1.21. The molecule has 0 radical (unpaired) electrons. The zero-order chi connectivity index (χ0) is 18.7. The highest BCUT2D eigenvalue weighted by atomic mass is 32.2. The number of aromatic nitrogens is 1. The first-order valence-electron chi connectivity index (χ1n) is 8.45. The normalized spacial score (nSPS) is 15.9. The van der Waals surface area contributed by atoms with Crippen molar-refractivity contribution in [3.8, 4) is 0 Å². The van der Waals surface area contributed by atoms with E-state index in [4.69, 9.17) is 0 Å². The van der Waals surface area contributed by atoms with Crippen molar-refractivity contribution in [3.05, 3.63) is 46.0 Å². The van der Waals surface area contributed by atoms with Crippen molar-refractivity contribution in [2.45, 2.75) is 19.3 Å². The van der Waals surface area contributed by atoms with Crippen LogP contribution < -0.4 is 10.9 Å². The molecule has 0 bridgehead atoms. The van der Waals surface area contributed by atoms with Gasteiger partial charge in [-0.15, -0.1) is 0 Å². The van der Waals surface area contributed by atoms with Crippen molar-refractivity contribution in [1.29, 1.82) is 0 Å². The summed E-state index contributed by atoms with van der Waals surface area (Å²) in [4.78, 5) is 26.7. The average Bonchev–Trinajstić information content (AvgIpc) is 2.61. The first-order valence-corrected chi connectivity index (χ1v) is 10.1. The molecule has 2 N–H and O–H groups in total. The standard InChI is InChI=1S/C17H20FN3O4S/c18-13-5-4-12-10-14(17(23)20-15(12)11-13)16(22)19-6-9-26(24,25)21-7-2-1-3-8-21/h4-5,10-11H,1-3,6-9H2,(H,19,22)(H,20,23). The minimum absolute atomic E-state index is 0.0848. The molecule has 0 unspecified atom stereocenters. The molecule has 1 fully saturated rings. The van der Waals surface area contributed by atoms with Crippen LogP contribution in [0.25, 0.3) is 10.9 Å². The number of hydrogen-bond acceptors (Lipinski definition) is 4. The molecule has 2 aromatic rings. The number of H-pyrrole nitrogens is 1. The number of carbonyl (C=O) groups excluding carboxylic acids is 1. The Kier molecular flexibility index (Phi) is 5.38. The Morgan fingerprint density at radius 2 is 1.92 bits per heavy atom. The van der Waals surface area contributed by atoms with E-state index in [1.54, 1.807) is 0 Å². The lowest BCUT2D eigenvalue weighted by molar-refractivity contribution is 0.0954. The van der Waals surface area contributed by atoms with Gasteiger partial charge in [0.2, 0.25) is 10.0 Å². The second-order valence-electron chi connectivity index (χ2n) is 6.28. The number of pyridine rings is 1. The van der Waals surface area contributed by atoms with Crippen LogP contribution >= 0.6 is 0 Å². The van der Waals surface area contributed by atoms with E-state index in [2.05, 4.69) is 10.3 Å². The Morgan fingerprint density at radius 3 is 2.65 bits per heavy atom. The molecule has 1 amide bonds. The lowest BCUT2D eigenvalue weighted by Gasteiger charge is -2.25. The van der Waals surface area contributed by atoms with Gasteiger partial charge in [0, 0.05) is 19.6 Å². The number of aromatic amines is 1. The highest BCUT2D eigenvalue weighted by molar-refractivity contribution is 7.89. The van der Waals surface area contributed by atoms with Gasteiger partial charge in [-0.2, -0.15) is 0 Å². The van der Waals surface area contributed by atoms with Crippen molar-refractivity contribution >= 4 is 26.8 Å². The number of fused-ring (bicyclic) bond motifs is 1. The van der Waals surface area contributed by atoms with E-state index in [0.717, 1.165) is 19.3 Å². The molecular formula is C17H20FN3O4S. The van der Waals surface area contributed by atoms with Crippen LogP contribution in [0.1, 0.15) is 29.6 Å². The SMILES string of the molecule is O=C(NCCS(=O)(=O)N1CCCCC1)c1cc2ccc(F)cc2[nH]c1=O. The molecule has 1 aromatic carbocycles. The van der Waals surface area contributed by atoms with E-state index in [-0.39, 0.29) is 17.9 Å². The van der Waals surface area contributed by atoms with Crippen LogP contribution in [-0.2, 0) is 10.0 Å². The molecule has 7 nitrogen and oxygen atoms in total. The maximum absolute atomic E-state index is 13.2. The van der Waals surface area contributed by atoms with E-state index in [0.29, 0.717) is 24.0 Å². The summed E-state index contributed by atoms with van der Waals surface area (Å²) < 4.78 is 39.1. The third-order valence-electron chi connectivity index (χ3n) is 4.41. The van der Waals surface area contributed by atoms with Gasteiger partial charge >= 0.3 is 0 Å². The largest absolute Gasteiger partial charge is 0.351 e. The highest BCUT2D eigenvalue weighted by Crippen LogP contribution is 2.14. The van der Waals surface area contributed by atoms with Crippen LogP contribution in [0.5, 0.6) is 0 Å². The topological polar surface area (TPSA) is 99.3 Å². The lowest BCUT2D eigenvalue weighted by Crippen LogP contribution is -2.40. The van der Waals surface area contributed by atoms with E-state index < -0.39 is 27.3 Å². The van der Waals surface area contributed by atoms with Crippen molar-refractivity contribution in [1.82, 2.24) is 14.6 Å². The van der Waals surface area contributed by atoms with Gasteiger partial charge in [0.15, 0.2) is 0 Å². The second kappa shape index (κ2) is 7.55. The molecule has 3 rings (SSSR count).